The van der Waals surface area contributed by atoms with Crippen LogP contribution < -0.4 is 5.32 Å². The normalized spacial score (nSPS) is 14.0. The van der Waals surface area contributed by atoms with Crippen molar-refractivity contribution in [3.05, 3.63) is 46.2 Å². The van der Waals surface area contributed by atoms with Crippen molar-refractivity contribution < 1.29 is 9.90 Å². The Labute approximate surface area is 115 Å². The number of carboxylic acids is 1. The highest BCUT2D eigenvalue weighted by molar-refractivity contribution is 7.09. The van der Waals surface area contributed by atoms with Crippen molar-refractivity contribution in [1.29, 1.82) is 0 Å². The molecule has 0 saturated carbocycles. The maximum atomic E-state index is 10.9. The molecule has 2 N–H and O–H groups in total. The first-order chi connectivity index (χ1) is 9.08. The topological polar surface area (TPSA) is 75.1 Å². The average Bonchev–Trinajstić information content (AvgIpc) is 2.92. The van der Waals surface area contributed by atoms with E-state index >= 15 is 0 Å². The van der Waals surface area contributed by atoms with E-state index in [1.54, 1.807) is 23.6 Å². The highest BCUT2D eigenvalue weighted by Crippen LogP contribution is 2.20. The summed E-state index contributed by atoms with van der Waals surface area (Å²) in [6.45, 7) is 3.98. The number of aromatic nitrogens is 2. The van der Waals surface area contributed by atoms with Crippen LogP contribution in [0.5, 0.6) is 0 Å². The molecule has 0 aromatic carbocycles. The lowest BCUT2D eigenvalue weighted by Gasteiger charge is -2.18. The number of aromatic carboxylic acids is 1. The summed E-state index contributed by atoms with van der Waals surface area (Å²) in [7, 11) is 0. The molecule has 0 aliphatic rings. The van der Waals surface area contributed by atoms with Crippen LogP contribution in [0.2, 0.25) is 0 Å². The Bertz CT molecular complexity index is 557. The largest absolute Gasteiger partial charge is 0.478 e. The number of thiazole rings is 1. The molecule has 0 aliphatic carbocycles. The van der Waals surface area contributed by atoms with Gasteiger partial charge in [-0.3, -0.25) is 4.98 Å². The lowest BCUT2D eigenvalue weighted by atomic mass is 10.1. The standard InChI is InChI=1S/C13H15N3O2S/c1-8(16-9(2)12-15-5-6-19-12)11-7-10(13(17)18)3-4-14-11/h3-9,16H,1-2H3,(H,17,18). The smallest absolute Gasteiger partial charge is 0.335 e. The van der Waals surface area contributed by atoms with Gasteiger partial charge in [0.1, 0.15) is 5.01 Å². The number of carbonyl (C=O) groups is 1. The molecule has 6 heteroatoms. The van der Waals surface area contributed by atoms with E-state index < -0.39 is 5.97 Å². The molecular weight excluding hydrogens is 262 g/mol. The molecule has 2 aromatic rings. The van der Waals surface area contributed by atoms with Gasteiger partial charge in [-0.05, 0) is 26.0 Å². The second kappa shape index (κ2) is 5.90. The predicted octanol–water partition coefficient (Wildman–Crippen LogP) is 2.65. The molecule has 19 heavy (non-hydrogen) atoms. The molecule has 0 fully saturated rings. The highest BCUT2D eigenvalue weighted by atomic mass is 32.1. The number of nitrogens with zero attached hydrogens (tertiary/aromatic N) is 2. The number of nitrogens with one attached hydrogen (secondary N) is 1. The molecule has 0 spiro atoms. The van der Waals surface area contributed by atoms with E-state index in [-0.39, 0.29) is 17.6 Å². The zero-order valence-electron chi connectivity index (χ0n) is 10.7. The number of hydrogen-bond donors (Lipinski definition) is 2. The van der Waals surface area contributed by atoms with Crippen LogP contribution >= 0.6 is 11.3 Å². The van der Waals surface area contributed by atoms with Crippen molar-refractivity contribution in [3.8, 4) is 0 Å². The predicted molar refractivity (Wildman–Crippen MR) is 73.3 cm³/mol. The second-order valence-electron chi connectivity index (χ2n) is 4.25. The van der Waals surface area contributed by atoms with Gasteiger partial charge in [-0.2, -0.15) is 0 Å². The first-order valence-corrected chi connectivity index (χ1v) is 6.80. The van der Waals surface area contributed by atoms with Crippen molar-refractivity contribution in [2.24, 2.45) is 0 Å². The van der Waals surface area contributed by atoms with Crippen molar-refractivity contribution in [3.63, 3.8) is 0 Å². The van der Waals surface area contributed by atoms with E-state index in [1.165, 1.54) is 12.3 Å². The van der Waals surface area contributed by atoms with Crippen LogP contribution in [0.15, 0.2) is 29.9 Å². The molecule has 0 aliphatic heterocycles. The first kappa shape index (κ1) is 13.6. The first-order valence-electron chi connectivity index (χ1n) is 5.92. The fourth-order valence-corrected chi connectivity index (χ4v) is 2.45. The molecule has 0 amide bonds. The lowest BCUT2D eigenvalue weighted by Crippen LogP contribution is -2.23. The maximum Gasteiger partial charge on any atom is 0.335 e. The van der Waals surface area contributed by atoms with E-state index in [9.17, 15) is 4.79 Å². The Morgan fingerprint density at radius 3 is 2.74 bits per heavy atom. The second-order valence-corrected chi connectivity index (χ2v) is 5.18. The summed E-state index contributed by atoms with van der Waals surface area (Å²) in [5, 5.41) is 15.3. The fraction of sp³-hybridized carbons (Fsp3) is 0.308. The fourth-order valence-electron chi connectivity index (χ4n) is 1.80. The third-order valence-corrected chi connectivity index (χ3v) is 3.75. The number of hydrogen-bond acceptors (Lipinski definition) is 5. The van der Waals surface area contributed by atoms with Gasteiger partial charge in [0.25, 0.3) is 0 Å². The summed E-state index contributed by atoms with van der Waals surface area (Å²) in [5.41, 5.74) is 0.962. The summed E-state index contributed by atoms with van der Waals surface area (Å²) >= 11 is 1.59. The molecular formula is C13H15N3O2S. The van der Waals surface area contributed by atoms with Crippen LogP contribution in [0.4, 0.5) is 0 Å². The minimum Gasteiger partial charge on any atom is -0.478 e. The van der Waals surface area contributed by atoms with E-state index in [0.717, 1.165) is 5.01 Å². The van der Waals surface area contributed by atoms with Crippen LogP contribution in [-0.2, 0) is 0 Å². The van der Waals surface area contributed by atoms with Crippen molar-refractivity contribution >= 4 is 17.3 Å². The van der Waals surface area contributed by atoms with Crippen molar-refractivity contribution in [2.75, 3.05) is 0 Å². The number of rotatable bonds is 5. The van der Waals surface area contributed by atoms with Gasteiger partial charge in [-0.1, -0.05) is 0 Å². The number of pyridine rings is 1. The summed E-state index contributed by atoms with van der Waals surface area (Å²) < 4.78 is 0. The third-order valence-electron chi connectivity index (χ3n) is 2.79. The van der Waals surface area contributed by atoms with Gasteiger partial charge in [0.05, 0.1) is 17.3 Å². The molecule has 0 saturated heterocycles. The zero-order chi connectivity index (χ0) is 13.8. The van der Waals surface area contributed by atoms with E-state index in [4.69, 9.17) is 5.11 Å². The molecule has 2 heterocycles. The van der Waals surface area contributed by atoms with Gasteiger partial charge in [0, 0.05) is 23.8 Å². The van der Waals surface area contributed by atoms with Crippen molar-refractivity contribution in [2.45, 2.75) is 25.9 Å². The van der Waals surface area contributed by atoms with Crippen LogP contribution in [-0.4, -0.2) is 21.0 Å². The van der Waals surface area contributed by atoms with Gasteiger partial charge in [0.2, 0.25) is 0 Å². The van der Waals surface area contributed by atoms with E-state index in [0.29, 0.717) is 5.69 Å². The molecule has 2 atom stereocenters. The van der Waals surface area contributed by atoms with Gasteiger partial charge >= 0.3 is 5.97 Å². The Balaban J connectivity index is 2.09. The van der Waals surface area contributed by atoms with E-state index in [2.05, 4.69) is 15.3 Å². The highest BCUT2D eigenvalue weighted by Gasteiger charge is 2.15. The average molecular weight is 277 g/mol. The van der Waals surface area contributed by atoms with Gasteiger partial charge in [-0.15, -0.1) is 11.3 Å². The molecule has 2 aromatic heterocycles. The van der Waals surface area contributed by atoms with E-state index in [1.807, 2.05) is 19.2 Å². The molecule has 0 bridgehead atoms. The SMILES string of the molecule is CC(NC(C)c1nccs1)c1cc(C(=O)O)ccn1. The van der Waals surface area contributed by atoms with Crippen LogP contribution in [0, 0.1) is 0 Å². The lowest BCUT2D eigenvalue weighted by molar-refractivity contribution is 0.0696. The Hall–Kier alpha value is -1.79. The summed E-state index contributed by atoms with van der Waals surface area (Å²) in [4.78, 5) is 19.4. The monoisotopic (exact) mass is 277 g/mol. The van der Waals surface area contributed by atoms with Gasteiger partial charge in [-0.25, -0.2) is 9.78 Å². The van der Waals surface area contributed by atoms with Gasteiger partial charge < -0.3 is 10.4 Å². The molecule has 5 nitrogen and oxygen atoms in total. The summed E-state index contributed by atoms with van der Waals surface area (Å²) in [5.74, 6) is -0.941. The molecule has 0 radical (unpaired) electrons. The minimum absolute atomic E-state index is 0.0433. The third kappa shape index (κ3) is 3.36. The molecule has 2 rings (SSSR count). The summed E-state index contributed by atoms with van der Waals surface area (Å²) in [6.07, 6.45) is 3.29. The van der Waals surface area contributed by atoms with Crippen molar-refractivity contribution in [1.82, 2.24) is 15.3 Å². The van der Waals surface area contributed by atoms with Crippen LogP contribution in [0.3, 0.4) is 0 Å². The Kier molecular flexibility index (Phi) is 4.24. The quantitative estimate of drug-likeness (QED) is 0.878. The Morgan fingerprint density at radius 2 is 2.11 bits per heavy atom. The number of carboxylic acid groups (broad SMARTS) is 1. The Morgan fingerprint density at radius 1 is 1.32 bits per heavy atom. The summed E-state index contributed by atoms with van der Waals surface area (Å²) in [6, 6.07) is 3.14. The molecule has 100 valence electrons. The van der Waals surface area contributed by atoms with Crippen LogP contribution in [0.1, 0.15) is 47.0 Å². The minimum atomic E-state index is -0.941. The van der Waals surface area contributed by atoms with Gasteiger partial charge in [0.15, 0.2) is 0 Å². The molecule has 2 unspecified atom stereocenters. The maximum absolute atomic E-state index is 10.9. The zero-order valence-corrected chi connectivity index (χ0v) is 11.5. The van der Waals surface area contributed by atoms with Crippen LogP contribution in [0.25, 0.3) is 0 Å².